The fourth-order valence-corrected chi connectivity index (χ4v) is 3.60. The van der Waals surface area contributed by atoms with Crippen LogP contribution in [-0.4, -0.2) is 34.0 Å². The van der Waals surface area contributed by atoms with E-state index < -0.39 is 17.7 Å². The Bertz CT molecular complexity index is 592. The number of carboxylic acid groups (broad SMARTS) is 1. The van der Waals surface area contributed by atoms with Crippen LogP contribution in [0.25, 0.3) is 0 Å². The quantitative estimate of drug-likeness (QED) is 0.899. The molecule has 2 saturated heterocycles. The molecule has 3 unspecified atom stereocenters. The molecule has 0 saturated carbocycles. The van der Waals surface area contributed by atoms with Crippen molar-refractivity contribution in [2.45, 2.75) is 31.3 Å². The highest BCUT2D eigenvalue weighted by atomic mass is 79.9. The summed E-state index contributed by atoms with van der Waals surface area (Å²) in [4.78, 5) is 25.3. The van der Waals surface area contributed by atoms with Crippen LogP contribution in [0.4, 0.5) is 4.39 Å². The molecule has 0 spiro atoms. The highest BCUT2D eigenvalue weighted by molar-refractivity contribution is 9.10. The minimum atomic E-state index is -0.850. The van der Waals surface area contributed by atoms with Crippen LogP contribution in [0.15, 0.2) is 22.7 Å². The third-order valence-corrected chi connectivity index (χ3v) is 4.90. The molecule has 2 aliphatic rings. The van der Waals surface area contributed by atoms with Crippen molar-refractivity contribution in [3.63, 3.8) is 0 Å². The van der Waals surface area contributed by atoms with Crippen LogP contribution in [0.3, 0.4) is 0 Å². The first-order valence-electron chi connectivity index (χ1n) is 6.49. The van der Waals surface area contributed by atoms with Gasteiger partial charge in [-0.3, -0.25) is 9.59 Å². The Morgan fingerprint density at radius 1 is 1.35 bits per heavy atom. The van der Waals surface area contributed by atoms with E-state index in [-0.39, 0.29) is 23.6 Å². The molecular formula is C14H13BrFNO3. The lowest BCUT2D eigenvalue weighted by atomic mass is 9.89. The highest BCUT2D eigenvalue weighted by Gasteiger charge is 2.51. The Morgan fingerprint density at radius 2 is 2.10 bits per heavy atom. The van der Waals surface area contributed by atoms with Crippen molar-refractivity contribution in [1.29, 1.82) is 0 Å². The van der Waals surface area contributed by atoms with Crippen LogP contribution in [0.1, 0.15) is 29.6 Å². The van der Waals surface area contributed by atoms with Crippen molar-refractivity contribution >= 4 is 27.8 Å². The van der Waals surface area contributed by atoms with E-state index in [1.165, 1.54) is 12.1 Å². The number of nitrogens with zero attached hydrogens (tertiary/aromatic N) is 1. The number of aliphatic carboxylic acids is 1. The molecule has 6 heteroatoms. The van der Waals surface area contributed by atoms with E-state index >= 15 is 0 Å². The van der Waals surface area contributed by atoms with Gasteiger partial charge in [0.25, 0.3) is 5.91 Å². The SMILES string of the molecule is O=C(O)C1CC2CCC1N2C(=O)c1ccc(Br)c(F)c1. The van der Waals surface area contributed by atoms with Crippen molar-refractivity contribution in [1.82, 2.24) is 4.90 Å². The third-order valence-electron chi connectivity index (χ3n) is 4.26. The van der Waals surface area contributed by atoms with E-state index in [4.69, 9.17) is 0 Å². The molecule has 3 atom stereocenters. The van der Waals surface area contributed by atoms with Crippen LogP contribution in [-0.2, 0) is 4.79 Å². The van der Waals surface area contributed by atoms with Gasteiger partial charge >= 0.3 is 5.97 Å². The first-order chi connectivity index (χ1) is 9.49. The fourth-order valence-electron chi connectivity index (χ4n) is 3.35. The summed E-state index contributed by atoms with van der Waals surface area (Å²) in [5.74, 6) is -2.10. The van der Waals surface area contributed by atoms with Crippen molar-refractivity contribution in [2.75, 3.05) is 0 Å². The number of carbonyl (C=O) groups excluding carboxylic acids is 1. The van der Waals surface area contributed by atoms with Gasteiger partial charge in [-0.1, -0.05) is 0 Å². The second-order valence-corrected chi connectivity index (χ2v) is 6.17. The van der Waals surface area contributed by atoms with Crippen LogP contribution in [0.2, 0.25) is 0 Å². The number of carbonyl (C=O) groups is 2. The maximum atomic E-state index is 13.5. The van der Waals surface area contributed by atoms with Gasteiger partial charge in [-0.25, -0.2) is 4.39 Å². The van der Waals surface area contributed by atoms with E-state index in [9.17, 15) is 19.1 Å². The number of hydrogen-bond acceptors (Lipinski definition) is 2. The fraction of sp³-hybridized carbons (Fsp3) is 0.429. The molecule has 106 valence electrons. The average Bonchev–Trinajstić information content (AvgIpc) is 2.98. The van der Waals surface area contributed by atoms with E-state index in [0.29, 0.717) is 17.3 Å². The number of hydrogen-bond donors (Lipinski definition) is 1. The van der Waals surface area contributed by atoms with E-state index in [1.807, 2.05) is 0 Å². The molecule has 2 fully saturated rings. The molecule has 0 aromatic heterocycles. The minimum absolute atomic E-state index is 0.0275. The molecule has 1 aromatic rings. The minimum Gasteiger partial charge on any atom is -0.481 e. The molecule has 3 rings (SSSR count). The lowest BCUT2D eigenvalue weighted by Crippen LogP contribution is -2.37. The van der Waals surface area contributed by atoms with Gasteiger partial charge in [0.15, 0.2) is 0 Å². The van der Waals surface area contributed by atoms with E-state index in [0.717, 1.165) is 6.42 Å². The second kappa shape index (κ2) is 4.84. The molecule has 20 heavy (non-hydrogen) atoms. The number of amides is 1. The van der Waals surface area contributed by atoms with Gasteiger partial charge in [0, 0.05) is 17.6 Å². The summed E-state index contributed by atoms with van der Waals surface area (Å²) in [5.41, 5.74) is 0.272. The molecule has 2 aliphatic heterocycles. The normalized spacial score (nSPS) is 27.9. The van der Waals surface area contributed by atoms with Gasteiger partial charge in [-0.05, 0) is 53.4 Å². The van der Waals surface area contributed by atoms with Crippen molar-refractivity contribution in [2.24, 2.45) is 5.92 Å². The molecule has 2 bridgehead atoms. The largest absolute Gasteiger partial charge is 0.481 e. The van der Waals surface area contributed by atoms with E-state index in [1.54, 1.807) is 11.0 Å². The lowest BCUT2D eigenvalue weighted by molar-refractivity contribution is -0.142. The Balaban J connectivity index is 1.88. The number of halogens is 2. The average molecular weight is 342 g/mol. The van der Waals surface area contributed by atoms with Crippen LogP contribution in [0.5, 0.6) is 0 Å². The molecule has 2 heterocycles. The van der Waals surface area contributed by atoms with E-state index in [2.05, 4.69) is 15.9 Å². The summed E-state index contributed by atoms with van der Waals surface area (Å²) < 4.78 is 13.8. The number of benzene rings is 1. The monoisotopic (exact) mass is 341 g/mol. The molecule has 1 N–H and O–H groups in total. The summed E-state index contributed by atoms with van der Waals surface area (Å²) >= 11 is 3.05. The zero-order chi connectivity index (χ0) is 14.4. The summed E-state index contributed by atoms with van der Waals surface area (Å²) in [5, 5.41) is 9.18. The first kappa shape index (κ1) is 13.5. The standard InChI is InChI=1S/C14H13BrFNO3/c15-10-3-1-7(5-11(10)16)13(18)17-8-2-4-12(17)9(6-8)14(19)20/h1,3,5,8-9,12H,2,4,6H2,(H,19,20). The van der Waals surface area contributed by atoms with Crippen LogP contribution in [0, 0.1) is 11.7 Å². The maximum absolute atomic E-state index is 13.5. The Kier molecular flexibility index (Phi) is 3.28. The first-order valence-corrected chi connectivity index (χ1v) is 7.29. The van der Waals surface area contributed by atoms with Gasteiger partial charge in [0.1, 0.15) is 5.82 Å². The second-order valence-electron chi connectivity index (χ2n) is 5.32. The maximum Gasteiger partial charge on any atom is 0.308 e. The van der Waals surface area contributed by atoms with Gasteiger partial charge in [-0.2, -0.15) is 0 Å². The summed E-state index contributed by atoms with van der Waals surface area (Å²) in [6.07, 6.45) is 2.05. The summed E-state index contributed by atoms with van der Waals surface area (Å²) in [6.45, 7) is 0. The van der Waals surface area contributed by atoms with Crippen LogP contribution >= 0.6 is 15.9 Å². The third kappa shape index (κ3) is 2.02. The Labute approximate surface area is 123 Å². The predicted molar refractivity (Wildman–Crippen MR) is 72.8 cm³/mol. The van der Waals surface area contributed by atoms with Gasteiger partial charge < -0.3 is 10.0 Å². The topological polar surface area (TPSA) is 57.6 Å². The van der Waals surface area contributed by atoms with Crippen molar-refractivity contribution < 1.29 is 19.1 Å². The molecule has 1 amide bonds. The zero-order valence-electron chi connectivity index (χ0n) is 10.6. The number of rotatable bonds is 2. The number of carboxylic acids is 1. The van der Waals surface area contributed by atoms with Gasteiger partial charge in [-0.15, -0.1) is 0 Å². The van der Waals surface area contributed by atoms with Crippen molar-refractivity contribution in [3.05, 3.63) is 34.1 Å². The summed E-state index contributed by atoms with van der Waals surface area (Å²) in [7, 11) is 0. The van der Waals surface area contributed by atoms with Gasteiger partial charge in [0.2, 0.25) is 0 Å². The predicted octanol–water partition coefficient (Wildman–Crippen LogP) is 2.67. The highest BCUT2D eigenvalue weighted by Crippen LogP contribution is 2.42. The zero-order valence-corrected chi connectivity index (χ0v) is 12.1. The smallest absolute Gasteiger partial charge is 0.308 e. The summed E-state index contributed by atoms with van der Waals surface area (Å²) in [6, 6.07) is 3.97. The van der Waals surface area contributed by atoms with Crippen molar-refractivity contribution in [3.8, 4) is 0 Å². The molecule has 4 nitrogen and oxygen atoms in total. The lowest BCUT2D eigenvalue weighted by Gasteiger charge is -2.23. The number of fused-ring (bicyclic) bond motifs is 2. The molecule has 1 aromatic carbocycles. The Morgan fingerprint density at radius 3 is 2.70 bits per heavy atom. The molecular weight excluding hydrogens is 329 g/mol. The van der Waals surface area contributed by atoms with Gasteiger partial charge in [0.05, 0.1) is 10.4 Å². The molecule has 0 radical (unpaired) electrons. The Hall–Kier alpha value is -1.43. The van der Waals surface area contributed by atoms with Crippen LogP contribution < -0.4 is 0 Å². The molecule has 0 aliphatic carbocycles.